The average Bonchev–Trinajstić information content (AvgIpc) is 2.45. The van der Waals surface area contributed by atoms with Gasteiger partial charge in [-0.25, -0.2) is 13.2 Å². The Morgan fingerprint density at radius 2 is 1.52 bits per heavy atom. The van der Waals surface area contributed by atoms with Gasteiger partial charge in [-0.1, -0.05) is 0 Å². The van der Waals surface area contributed by atoms with Crippen molar-refractivity contribution >= 4 is 21.8 Å². The van der Waals surface area contributed by atoms with E-state index in [0.717, 1.165) is 12.8 Å². The molecule has 0 bridgehead atoms. The van der Waals surface area contributed by atoms with Crippen molar-refractivity contribution in [1.82, 2.24) is 9.80 Å². The largest absolute Gasteiger partial charge is 0.481 e. The van der Waals surface area contributed by atoms with Crippen LogP contribution in [0.25, 0.3) is 0 Å². The zero-order valence-electron chi connectivity index (χ0n) is 12.0. The molecule has 0 aromatic carbocycles. The summed E-state index contributed by atoms with van der Waals surface area (Å²) in [5.41, 5.74) is 0. The van der Waals surface area contributed by atoms with Gasteiger partial charge in [-0.2, -0.15) is 0 Å². The Hall–Kier alpha value is -1.31. The first-order valence-electron chi connectivity index (χ1n) is 7.33. The molecule has 0 aromatic rings. The number of urea groups is 1. The minimum atomic E-state index is -2.97. The highest BCUT2D eigenvalue weighted by Gasteiger charge is 2.30. The van der Waals surface area contributed by atoms with Gasteiger partial charge < -0.3 is 14.9 Å². The Morgan fingerprint density at radius 1 is 1.00 bits per heavy atom. The number of rotatable bonds is 3. The van der Waals surface area contributed by atoms with Crippen molar-refractivity contribution < 1.29 is 23.1 Å². The molecule has 2 saturated heterocycles. The third kappa shape index (κ3) is 4.59. The van der Waals surface area contributed by atoms with Crippen LogP contribution in [-0.2, 0) is 14.6 Å². The summed E-state index contributed by atoms with van der Waals surface area (Å²) in [6, 6.07) is -0.0819. The molecule has 0 aromatic heterocycles. The molecule has 7 nitrogen and oxygen atoms in total. The molecule has 0 atom stereocenters. The van der Waals surface area contributed by atoms with Gasteiger partial charge in [0.2, 0.25) is 0 Å². The van der Waals surface area contributed by atoms with E-state index in [1.807, 2.05) is 0 Å². The summed E-state index contributed by atoms with van der Waals surface area (Å²) in [6.07, 6.45) is 2.50. The molecular formula is C13H22N2O5S. The SMILES string of the molecule is O=C(O)CCC1CCN(C(=O)N2CCS(=O)(=O)CC2)CC1. The first-order valence-corrected chi connectivity index (χ1v) is 9.15. The predicted molar refractivity (Wildman–Crippen MR) is 76.8 cm³/mol. The molecule has 21 heavy (non-hydrogen) atoms. The van der Waals surface area contributed by atoms with E-state index in [9.17, 15) is 18.0 Å². The molecule has 2 amide bonds. The minimum absolute atomic E-state index is 0.0494. The van der Waals surface area contributed by atoms with Gasteiger partial charge in [0.15, 0.2) is 9.84 Å². The third-order valence-corrected chi connectivity index (χ3v) is 5.88. The zero-order valence-corrected chi connectivity index (χ0v) is 12.8. The molecule has 0 spiro atoms. The van der Waals surface area contributed by atoms with Gasteiger partial charge in [0.1, 0.15) is 0 Å². The van der Waals surface area contributed by atoms with Crippen LogP contribution >= 0.6 is 0 Å². The Balaban J connectivity index is 1.77. The van der Waals surface area contributed by atoms with Crippen molar-refractivity contribution in [2.75, 3.05) is 37.7 Å². The van der Waals surface area contributed by atoms with Gasteiger partial charge in [-0.05, 0) is 25.2 Å². The Bertz CT molecular complexity index is 483. The monoisotopic (exact) mass is 318 g/mol. The lowest BCUT2D eigenvalue weighted by molar-refractivity contribution is -0.137. The first-order chi connectivity index (χ1) is 9.87. The number of piperidine rings is 1. The molecule has 2 rings (SSSR count). The maximum absolute atomic E-state index is 12.3. The average molecular weight is 318 g/mol. The number of amides is 2. The number of hydrogen-bond acceptors (Lipinski definition) is 4. The van der Waals surface area contributed by atoms with E-state index in [1.54, 1.807) is 9.80 Å². The normalized spacial score (nSPS) is 23.0. The summed E-state index contributed by atoms with van der Waals surface area (Å²) in [5, 5.41) is 8.68. The summed E-state index contributed by atoms with van der Waals surface area (Å²) < 4.78 is 22.7. The maximum atomic E-state index is 12.3. The van der Waals surface area contributed by atoms with Crippen LogP contribution in [-0.4, -0.2) is 73.0 Å². The Morgan fingerprint density at radius 3 is 2.05 bits per heavy atom. The molecule has 2 fully saturated rings. The second-order valence-corrected chi connectivity index (χ2v) is 8.09. The molecule has 0 unspecified atom stereocenters. The van der Waals surface area contributed by atoms with Crippen molar-refractivity contribution in [3.63, 3.8) is 0 Å². The summed E-state index contributed by atoms with van der Waals surface area (Å²) in [6.45, 7) is 1.82. The highest BCUT2D eigenvalue weighted by molar-refractivity contribution is 7.91. The molecule has 1 N–H and O–H groups in total. The Kier molecular flexibility index (Phi) is 5.08. The number of carboxylic acid groups (broad SMARTS) is 1. The topological polar surface area (TPSA) is 95.0 Å². The van der Waals surface area contributed by atoms with Gasteiger partial charge in [0.05, 0.1) is 11.5 Å². The molecular weight excluding hydrogens is 296 g/mol. The van der Waals surface area contributed by atoms with Crippen LogP contribution in [0.2, 0.25) is 0 Å². The lowest BCUT2D eigenvalue weighted by atomic mass is 9.92. The van der Waals surface area contributed by atoms with Gasteiger partial charge in [0.25, 0.3) is 0 Å². The van der Waals surface area contributed by atoms with Crippen LogP contribution < -0.4 is 0 Å². The third-order valence-electron chi connectivity index (χ3n) is 4.27. The molecule has 2 heterocycles. The van der Waals surface area contributed by atoms with Crippen LogP contribution in [0.3, 0.4) is 0 Å². The second-order valence-electron chi connectivity index (χ2n) is 5.78. The minimum Gasteiger partial charge on any atom is -0.481 e. The van der Waals surface area contributed by atoms with Crippen LogP contribution in [0.5, 0.6) is 0 Å². The van der Waals surface area contributed by atoms with E-state index in [1.165, 1.54) is 0 Å². The van der Waals surface area contributed by atoms with Crippen molar-refractivity contribution in [2.45, 2.75) is 25.7 Å². The fourth-order valence-corrected chi connectivity index (χ4v) is 4.05. The molecule has 2 aliphatic rings. The van der Waals surface area contributed by atoms with Crippen molar-refractivity contribution in [2.24, 2.45) is 5.92 Å². The zero-order chi connectivity index (χ0) is 15.5. The summed E-state index contributed by atoms with van der Waals surface area (Å²) in [7, 11) is -2.97. The summed E-state index contributed by atoms with van der Waals surface area (Å²) >= 11 is 0. The fraction of sp³-hybridized carbons (Fsp3) is 0.846. The summed E-state index contributed by atoms with van der Waals surface area (Å²) in [4.78, 5) is 26.2. The molecule has 8 heteroatoms. The van der Waals surface area contributed by atoms with Gasteiger partial charge in [-0.3, -0.25) is 4.79 Å². The smallest absolute Gasteiger partial charge is 0.320 e. The number of hydrogen-bond donors (Lipinski definition) is 1. The highest BCUT2D eigenvalue weighted by atomic mass is 32.2. The first kappa shape index (κ1) is 16.1. The quantitative estimate of drug-likeness (QED) is 0.813. The molecule has 2 aliphatic heterocycles. The Labute approximate surface area is 124 Å². The lowest BCUT2D eigenvalue weighted by Gasteiger charge is -2.37. The standard InChI is InChI=1S/C13H22N2O5S/c16-12(17)2-1-11-3-5-14(6-4-11)13(18)15-7-9-21(19,20)10-8-15/h11H,1-10H2,(H,16,17). The predicted octanol–water partition coefficient (Wildman–Crippen LogP) is 0.414. The number of nitrogens with zero attached hydrogens (tertiary/aromatic N) is 2. The molecule has 0 aliphatic carbocycles. The number of carbonyl (C=O) groups excluding carboxylic acids is 1. The van der Waals surface area contributed by atoms with Gasteiger partial charge >= 0.3 is 12.0 Å². The van der Waals surface area contributed by atoms with Crippen molar-refractivity contribution in [1.29, 1.82) is 0 Å². The maximum Gasteiger partial charge on any atom is 0.320 e. The van der Waals surface area contributed by atoms with Crippen molar-refractivity contribution in [3.05, 3.63) is 0 Å². The number of aliphatic carboxylic acids is 1. The van der Waals surface area contributed by atoms with Gasteiger partial charge in [0, 0.05) is 32.6 Å². The van der Waals surface area contributed by atoms with E-state index in [-0.39, 0.29) is 37.0 Å². The highest BCUT2D eigenvalue weighted by Crippen LogP contribution is 2.23. The van der Waals surface area contributed by atoms with E-state index in [2.05, 4.69) is 0 Å². The number of carbonyl (C=O) groups is 2. The number of carboxylic acids is 1. The van der Waals surface area contributed by atoms with E-state index >= 15 is 0 Å². The summed E-state index contributed by atoms with van der Waals surface area (Å²) in [5.74, 6) is -0.309. The fourth-order valence-electron chi connectivity index (χ4n) is 2.84. The van der Waals surface area contributed by atoms with Crippen LogP contribution in [0.15, 0.2) is 0 Å². The second kappa shape index (κ2) is 6.64. The van der Waals surface area contributed by atoms with Crippen molar-refractivity contribution in [3.8, 4) is 0 Å². The van der Waals surface area contributed by atoms with Gasteiger partial charge in [-0.15, -0.1) is 0 Å². The molecule has 0 saturated carbocycles. The van der Waals surface area contributed by atoms with E-state index in [4.69, 9.17) is 5.11 Å². The van der Waals surface area contributed by atoms with E-state index < -0.39 is 15.8 Å². The van der Waals surface area contributed by atoms with Crippen LogP contribution in [0.1, 0.15) is 25.7 Å². The molecule has 0 radical (unpaired) electrons. The number of likely N-dealkylation sites (tertiary alicyclic amines) is 1. The molecule has 120 valence electrons. The van der Waals surface area contributed by atoms with Crippen LogP contribution in [0.4, 0.5) is 4.79 Å². The van der Waals surface area contributed by atoms with Crippen LogP contribution in [0, 0.1) is 5.92 Å². The number of sulfone groups is 1. The van der Waals surface area contributed by atoms with E-state index in [0.29, 0.717) is 25.4 Å². The lowest BCUT2D eigenvalue weighted by Crippen LogP contribution is -2.51.